The molecule has 0 aliphatic carbocycles. The summed E-state index contributed by atoms with van der Waals surface area (Å²) in [6, 6.07) is 0. The van der Waals surface area contributed by atoms with Crippen LogP contribution in [0.1, 0.15) is 0 Å². The van der Waals surface area contributed by atoms with Crippen LogP contribution in [-0.2, 0) is 0 Å². The average Bonchev–Trinajstić information content (AvgIpc) is 1.65. The average molecular weight is 168 g/mol. The number of nitrogens with two attached hydrogens (primary N) is 1. The van der Waals surface area contributed by atoms with Gasteiger partial charge in [-0.25, -0.2) is 0 Å². The van der Waals surface area contributed by atoms with Crippen molar-refractivity contribution < 1.29 is 4.79 Å². The molecule has 0 saturated carbocycles. The molecule has 0 aliphatic heterocycles. The molecule has 0 atom stereocenters. The monoisotopic (exact) mass is 168 g/mol. The quantitative estimate of drug-likeness (QED) is 0.280. The maximum absolute atomic E-state index is 10.0. The molecule has 0 saturated heterocycles. The molecule has 1 amide bonds. The van der Waals surface area contributed by atoms with Crippen molar-refractivity contribution in [1.29, 1.82) is 0 Å². The third kappa shape index (κ3) is 4.38. The van der Waals surface area contributed by atoms with E-state index in [1.807, 2.05) is 0 Å². The summed E-state index contributed by atoms with van der Waals surface area (Å²) < 4.78 is 0.227. The van der Waals surface area contributed by atoms with Gasteiger partial charge in [0.05, 0.1) is 0 Å². The highest BCUT2D eigenvalue weighted by atomic mass is 32.2. The number of hydrogen-bond acceptors (Lipinski definition) is 4. The van der Waals surface area contributed by atoms with Crippen LogP contribution in [0.4, 0.5) is 4.79 Å². The number of hydrogen-bond donors (Lipinski definition) is 3. The molecule has 3 nitrogen and oxygen atoms in total. The Balaban J connectivity index is 3.40. The Morgan fingerprint density at radius 2 is 2.38 bits per heavy atom. The van der Waals surface area contributed by atoms with Crippen molar-refractivity contribution in [2.75, 3.05) is 0 Å². The second-order valence-electron chi connectivity index (χ2n) is 0.835. The number of carbonyl (C=O) groups excluding carboxylic acids is 1. The molecule has 0 fully saturated rings. The minimum Gasteiger partial charge on any atom is -0.302 e. The molecule has 3 N–H and O–H groups in total. The molecule has 0 aromatic heterocycles. The van der Waals surface area contributed by atoms with E-state index in [2.05, 4.69) is 30.2 Å². The molecule has 0 bridgehead atoms. The predicted octanol–water partition coefficient (Wildman–Crippen LogP) is 0.518. The van der Waals surface area contributed by atoms with Crippen LogP contribution in [-0.4, -0.2) is 9.56 Å². The molecule has 8 heavy (non-hydrogen) atoms. The van der Waals surface area contributed by atoms with Crippen LogP contribution in [0, 0.1) is 0 Å². The zero-order valence-electron chi connectivity index (χ0n) is 3.75. The second kappa shape index (κ2) is 4.13. The van der Waals surface area contributed by atoms with E-state index in [1.165, 1.54) is 0 Å². The van der Waals surface area contributed by atoms with Crippen molar-refractivity contribution in [1.82, 2.24) is 5.32 Å². The summed E-state index contributed by atoms with van der Waals surface area (Å²) in [6.45, 7) is 0. The Kier molecular flexibility index (Phi) is 4.25. The second-order valence-corrected chi connectivity index (χ2v) is 2.55. The van der Waals surface area contributed by atoms with Crippen molar-refractivity contribution in [2.24, 2.45) is 5.14 Å². The third-order valence-corrected chi connectivity index (χ3v) is 1.13. The van der Waals surface area contributed by atoms with E-state index < -0.39 is 5.24 Å². The summed E-state index contributed by atoms with van der Waals surface area (Å²) >= 11 is 8.68. The van der Waals surface area contributed by atoms with Crippen molar-refractivity contribution in [3.05, 3.63) is 0 Å². The smallest absolute Gasteiger partial charge is 0.281 e. The summed E-state index contributed by atoms with van der Waals surface area (Å²) in [7, 11) is 0. The first kappa shape index (κ1) is 8.22. The molecule has 0 aromatic rings. The maximum atomic E-state index is 10.0. The van der Waals surface area contributed by atoms with Crippen LogP contribution < -0.4 is 10.5 Å². The maximum Gasteiger partial charge on any atom is 0.281 e. The fourth-order valence-electron chi connectivity index (χ4n) is 0.117. The van der Waals surface area contributed by atoms with Crippen molar-refractivity contribution in [3.63, 3.8) is 0 Å². The molecular weight excluding hydrogens is 164 g/mol. The predicted molar refractivity (Wildman–Crippen MR) is 41.9 cm³/mol. The number of thiocarbonyl (C=S) groups is 1. The van der Waals surface area contributed by atoms with Crippen molar-refractivity contribution in [3.8, 4) is 0 Å². The summed E-state index contributed by atoms with van der Waals surface area (Å²) in [5, 5.41) is 6.64. The summed E-state index contributed by atoms with van der Waals surface area (Å²) in [5.41, 5.74) is 0. The van der Waals surface area contributed by atoms with Crippen LogP contribution in [0.5, 0.6) is 0 Å². The molecule has 0 radical (unpaired) electrons. The van der Waals surface area contributed by atoms with Gasteiger partial charge in [-0.05, 0) is 11.9 Å². The first-order valence-electron chi connectivity index (χ1n) is 1.57. The number of carbonyl (C=O) groups is 1. The van der Waals surface area contributed by atoms with Crippen molar-refractivity contribution in [2.45, 2.75) is 0 Å². The van der Waals surface area contributed by atoms with Gasteiger partial charge in [-0.3, -0.25) is 9.93 Å². The van der Waals surface area contributed by atoms with E-state index in [4.69, 9.17) is 5.14 Å². The molecule has 46 valence electrons. The van der Waals surface area contributed by atoms with E-state index in [-0.39, 0.29) is 4.32 Å². The lowest BCUT2D eigenvalue weighted by molar-refractivity contribution is 0.265. The van der Waals surface area contributed by atoms with Gasteiger partial charge in [-0.2, -0.15) is 0 Å². The zero-order chi connectivity index (χ0) is 6.57. The van der Waals surface area contributed by atoms with E-state index >= 15 is 0 Å². The molecular formula is C2H4N2OS3. The topological polar surface area (TPSA) is 55.1 Å². The zero-order valence-corrected chi connectivity index (χ0v) is 6.28. The van der Waals surface area contributed by atoms with Gasteiger partial charge in [0, 0.05) is 0 Å². The van der Waals surface area contributed by atoms with Gasteiger partial charge in [-0.1, -0.05) is 24.8 Å². The molecule has 0 unspecified atom stereocenters. The standard InChI is InChI=1S/C2H4N2OS3/c3-8-2(7)4-1(5)6/h3H2,(H2,4,5,6,7). The summed E-state index contributed by atoms with van der Waals surface area (Å²) in [6.07, 6.45) is 0. The number of nitrogens with one attached hydrogen (secondary N) is 1. The minimum absolute atomic E-state index is 0.227. The number of rotatable bonds is 0. The van der Waals surface area contributed by atoms with Crippen LogP contribution in [0.3, 0.4) is 0 Å². The normalized spacial score (nSPS) is 8.25. The molecule has 6 heteroatoms. The molecule has 0 aromatic carbocycles. The lowest BCUT2D eigenvalue weighted by Gasteiger charge is -1.94. The lowest BCUT2D eigenvalue weighted by Crippen LogP contribution is -2.21. The molecule has 0 aliphatic rings. The first-order valence-corrected chi connectivity index (χ1v) is 3.31. The van der Waals surface area contributed by atoms with Crippen molar-refractivity contribution >= 4 is 46.4 Å². The Hall–Kier alpha value is 0.220. The van der Waals surface area contributed by atoms with Gasteiger partial charge >= 0.3 is 0 Å². The van der Waals surface area contributed by atoms with Gasteiger partial charge in [0.25, 0.3) is 5.24 Å². The highest BCUT2D eigenvalue weighted by Crippen LogP contribution is 1.89. The minimum atomic E-state index is -0.493. The molecule has 0 spiro atoms. The highest BCUT2D eigenvalue weighted by Gasteiger charge is 1.94. The van der Waals surface area contributed by atoms with Gasteiger partial charge in [-0.15, -0.1) is 0 Å². The first-order chi connectivity index (χ1) is 3.66. The third-order valence-electron chi connectivity index (χ3n) is 0.316. The largest absolute Gasteiger partial charge is 0.302 e. The lowest BCUT2D eigenvalue weighted by atomic mass is 11.2. The van der Waals surface area contributed by atoms with Gasteiger partial charge in [0.15, 0.2) is 4.32 Å². The molecule has 0 rings (SSSR count). The van der Waals surface area contributed by atoms with Gasteiger partial charge < -0.3 is 5.32 Å². The van der Waals surface area contributed by atoms with Crippen LogP contribution in [0.2, 0.25) is 0 Å². The Morgan fingerprint density at radius 3 is 2.50 bits per heavy atom. The Bertz CT molecular complexity index is 114. The van der Waals surface area contributed by atoms with Crippen LogP contribution in [0.15, 0.2) is 0 Å². The molecule has 0 heterocycles. The van der Waals surface area contributed by atoms with Crippen LogP contribution >= 0.6 is 36.8 Å². The Labute approximate surface area is 61.9 Å². The fourth-order valence-corrected chi connectivity index (χ4v) is 0.624. The number of amides is 1. The van der Waals surface area contributed by atoms with Gasteiger partial charge in [0.1, 0.15) is 0 Å². The fraction of sp³-hybridized carbons (Fsp3) is 0. The van der Waals surface area contributed by atoms with E-state index in [0.717, 1.165) is 11.9 Å². The van der Waals surface area contributed by atoms with E-state index in [1.54, 1.807) is 0 Å². The van der Waals surface area contributed by atoms with Crippen LogP contribution in [0.25, 0.3) is 0 Å². The highest BCUT2D eigenvalue weighted by molar-refractivity contribution is 8.21. The van der Waals surface area contributed by atoms with Gasteiger partial charge in [0.2, 0.25) is 0 Å². The summed E-state index contributed by atoms with van der Waals surface area (Å²) in [4.78, 5) is 10.0. The van der Waals surface area contributed by atoms with E-state index in [0.29, 0.717) is 0 Å². The SMILES string of the molecule is NSC(=S)NC(=O)S. The summed E-state index contributed by atoms with van der Waals surface area (Å²) in [5.74, 6) is 0. The van der Waals surface area contributed by atoms with E-state index in [9.17, 15) is 4.79 Å². The number of thiol groups is 1. The Morgan fingerprint density at radius 1 is 1.88 bits per heavy atom.